The largest absolute Gasteiger partial charge is 0.376 e. The maximum atomic E-state index is 11.9. The summed E-state index contributed by atoms with van der Waals surface area (Å²) in [6, 6.07) is 7.95. The molecule has 0 spiro atoms. The van der Waals surface area contributed by atoms with Crippen LogP contribution in [0.2, 0.25) is 0 Å². The third kappa shape index (κ3) is 4.46. The van der Waals surface area contributed by atoms with Crippen molar-refractivity contribution in [3.05, 3.63) is 29.8 Å². The molecule has 0 amide bonds. The van der Waals surface area contributed by atoms with E-state index in [0.717, 1.165) is 25.1 Å². The smallest absolute Gasteiger partial charge is 0.173 e. The van der Waals surface area contributed by atoms with Crippen molar-refractivity contribution in [2.45, 2.75) is 38.3 Å². The van der Waals surface area contributed by atoms with E-state index >= 15 is 0 Å². The van der Waals surface area contributed by atoms with Gasteiger partial charge in [-0.2, -0.15) is 0 Å². The quantitative estimate of drug-likeness (QED) is 0.824. The van der Waals surface area contributed by atoms with Crippen LogP contribution >= 0.6 is 12.2 Å². The minimum Gasteiger partial charge on any atom is -0.376 e. The molecule has 5 nitrogen and oxygen atoms in total. The highest BCUT2D eigenvalue weighted by molar-refractivity contribution is 7.91. The van der Waals surface area contributed by atoms with E-state index in [9.17, 15) is 8.42 Å². The summed E-state index contributed by atoms with van der Waals surface area (Å²) in [5.74, 6) is 0.419. The van der Waals surface area contributed by atoms with Gasteiger partial charge in [0.15, 0.2) is 14.9 Å². The maximum absolute atomic E-state index is 11.9. The lowest BCUT2D eigenvalue weighted by molar-refractivity contribution is 0.0851. The van der Waals surface area contributed by atoms with Crippen LogP contribution in [0.4, 0.5) is 5.69 Å². The first-order valence-corrected chi connectivity index (χ1v) is 10.6. The number of anilines is 1. The monoisotopic (exact) mass is 368 g/mol. The number of hydrogen-bond acceptors (Lipinski definition) is 4. The molecule has 1 N–H and O–H groups in total. The number of nitrogens with zero attached hydrogens (tertiary/aromatic N) is 1. The summed E-state index contributed by atoms with van der Waals surface area (Å²) in [5.41, 5.74) is 2.10. The lowest BCUT2D eigenvalue weighted by Crippen LogP contribution is -2.47. The van der Waals surface area contributed by atoms with Gasteiger partial charge in [0.2, 0.25) is 0 Å². The first kappa shape index (κ1) is 17.6. The second-order valence-corrected chi connectivity index (χ2v) is 9.26. The highest BCUT2D eigenvalue weighted by atomic mass is 32.2. The molecule has 0 aromatic heterocycles. The number of rotatable bonds is 4. The molecule has 7 heteroatoms. The fourth-order valence-electron chi connectivity index (χ4n) is 3.26. The Hall–Kier alpha value is -1.18. The van der Waals surface area contributed by atoms with E-state index in [-0.39, 0.29) is 23.7 Å². The standard InChI is InChI=1S/C17H24N2O3S2/c1-13-4-6-14(7-5-13)18-17(23)19(11-16-3-2-9-22-16)15-8-10-24(20,21)12-15/h4-7,15-16H,2-3,8-12H2,1H3,(H,18,23)/t15-,16+/m1/s1. The van der Waals surface area contributed by atoms with Crippen LogP contribution in [0.1, 0.15) is 24.8 Å². The van der Waals surface area contributed by atoms with Crippen molar-refractivity contribution in [3.8, 4) is 0 Å². The first-order chi connectivity index (χ1) is 11.4. The van der Waals surface area contributed by atoms with Gasteiger partial charge in [0, 0.05) is 24.9 Å². The van der Waals surface area contributed by atoms with E-state index in [1.165, 1.54) is 5.56 Å². The summed E-state index contributed by atoms with van der Waals surface area (Å²) in [7, 11) is -2.96. The number of nitrogens with one attached hydrogen (secondary N) is 1. The number of hydrogen-bond donors (Lipinski definition) is 1. The molecule has 0 bridgehead atoms. The lowest BCUT2D eigenvalue weighted by Gasteiger charge is -2.33. The Bertz CT molecular complexity index is 682. The predicted molar refractivity (Wildman–Crippen MR) is 100 cm³/mol. The molecule has 1 aromatic carbocycles. The molecule has 0 unspecified atom stereocenters. The van der Waals surface area contributed by atoms with Gasteiger partial charge in [-0.3, -0.25) is 0 Å². The molecule has 0 saturated carbocycles. The molecule has 132 valence electrons. The van der Waals surface area contributed by atoms with Crippen LogP contribution in [0, 0.1) is 6.92 Å². The molecule has 1 aromatic rings. The van der Waals surface area contributed by atoms with Crippen LogP contribution in [-0.4, -0.2) is 55.2 Å². The van der Waals surface area contributed by atoms with Crippen LogP contribution in [0.5, 0.6) is 0 Å². The normalized spacial score (nSPS) is 25.5. The summed E-state index contributed by atoms with van der Waals surface area (Å²) in [4.78, 5) is 2.02. The second-order valence-electron chi connectivity index (χ2n) is 6.64. The molecule has 2 atom stereocenters. The van der Waals surface area contributed by atoms with Gasteiger partial charge in [-0.15, -0.1) is 0 Å². The molecule has 2 aliphatic heterocycles. The highest BCUT2D eigenvalue weighted by Gasteiger charge is 2.35. The zero-order valence-electron chi connectivity index (χ0n) is 13.9. The maximum Gasteiger partial charge on any atom is 0.173 e. The molecule has 2 heterocycles. The topological polar surface area (TPSA) is 58.6 Å². The molecule has 0 radical (unpaired) electrons. The molecule has 2 saturated heterocycles. The van der Waals surface area contributed by atoms with Gasteiger partial charge in [-0.05, 0) is 50.5 Å². The highest BCUT2D eigenvalue weighted by Crippen LogP contribution is 2.22. The first-order valence-electron chi connectivity index (χ1n) is 8.39. The van der Waals surface area contributed by atoms with E-state index in [1.807, 2.05) is 36.1 Å². The summed E-state index contributed by atoms with van der Waals surface area (Å²) in [5, 5.41) is 3.83. The minimum absolute atomic E-state index is 0.0651. The van der Waals surface area contributed by atoms with Crippen LogP contribution in [0.25, 0.3) is 0 Å². The second kappa shape index (κ2) is 7.37. The van der Waals surface area contributed by atoms with Gasteiger partial charge in [0.1, 0.15) is 0 Å². The van der Waals surface area contributed by atoms with E-state index in [0.29, 0.717) is 18.1 Å². The Balaban J connectivity index is 1.72. The van der Waals surface area contributed by atoms with Crippen molar-refractivity contribution in [1.29, 1.82) is 0 Å². The van der Waals surface area contributed by atoms with E-state index in [1.54, 1.807) is 0 Å². The van der Waals surface area contributed by atoms with Crippen LogP contribution in [0.15, 0.2) is 24.3 Å². The van der Waals surface area contributed by atoms with Crippen molar-refractivity contribution < 1.29 is 13.2 Å². The molecular formula is C17H24N2O3S2. The van der Waals surface area contributed by atoms with Gasteiger partial charge in [0.05, 0.1) is 17.6 Å². The SMILES string of the molecule is Cc1ccc(NC(=S)N(C[C@@H]2CCCO2)[C@@H]2CCS(=O)(=O)C2)cc1. The van der Waals surface area contributed by atoms with Crippen LogP contribution < -0.4 is 5.32 Å². The Morgan fingerprint density at radius 2 is 2.08 bits per heavy atom. The Kier molecular flexibility index (Phi) is 5.42. The third-order valence-electron chi connectivity index (χ3n) is 4.64. The van der Waals surface area contributed by atoms with Crippen molar-refractivity contribution in [1.82, 2.24) is 4.90 Å². The average Bonchev–Trinajstić information content (AvgIpc) is 3.16. The Morgan fingerprint density at radius 3 is 2.67 bits per heavy atom. The molecule has 3 rings (SSSR count). The number of ether oxygens (including phenoxy) is 1. The van der Waals surface area contributed by atoms with Crippen LogP contribution in [-0.2, 0) is 14.6 Å². The van der Waals surface area contributed by atoms with Gasteiger partial charge in [-0.1, -0.05) is 17.7 Å². The van der Waals surface area contributed by atoms with E-state index < -0.39 is 9.84 Å². The fraction of sp³-hybridized carbons (Fsp3) is 0.588. The number of benzene rings is 1. The number of thiocarbonyl (C=S) groups is 1. The predicted octanol–water partition coefficient (Wildman–Crippen LogP) is 2.36. The van der Waals surface area contributed by atoms with Crippen molar-refractivity contribution in [3.63, 3.8) is 0 Å². The zero-order valence-corrected chi connectivity index (χ0v) is 15.5. The van der Waals surface area contributed by atoms with Gasteiger partial charge >= 0.3 is 0 Å². The summed E-state index contributed by atoms with van der Waals surface area (Å²) in [6.45, 7) is 3.47. The summed E-state index contributed by atoms with van der Waals surface area (Å²) >= 11 is 5.60. The molecular weight excluding hydrogens is 344 g/mol. The fourth-order valence-corrected chi connectivity index (χ4v) is 5.33. The lowest BCUT2D eigenvalue weighted by atomic mass is 10.2. The molecule has 0 aliphatic carbocycles. The Morgan fingerprint density at radius 1 is 1.33 bits per heavy atom. The van der Waals surface area contributed by atoms with Crippen molar-refractivity contribution in [2.75, 3.05) is 30.0 Å². The zero-order chi connectivity index (χ0) is 17.2. The van der Waals surface area contributed by atoms with Crippen molar-refractivity contribution in [2.24, 2.45) is 0 Å². The minimum atomic E-state index is -2.96. The third-order valence-corrected chi connectivity index (χ3v) is 6.72. The molecule has 2 aliphatic rings. The van der Waals surface area contributed by atoms with Gasteiger partial charge in [-0.25, -0.2) is 8.42 Å². The van der Waals surface area contributed by atoms with Gasteiger partial charge in [0.25, 0.3) is 0 Å². The van der Waals surface area contributed by atoms with Crippen LogP contribution in [0.3, 0.4) is 0 Å². The average molecular weight is 369 g/mol. The van der Waals surface area contributed by atoms with E-state index in [4.69, 9.17) is 17.0 Å². The summed E-state index contributed by atoms with van der Waals surface area (Å²) in [6.07, 6.45) is 2.82. The summed E-state index contributed by atoms with van der Waals surface area (Å²) < 4.78 is 29.5. The van der Waals surface area contributed by atoms with Gasteiger partial charge < -0.3 is 15.0 Å². The van der Waals surface area contributed by atoms with E-state index in [2.05, 4.69) is 5.32 Å². The number of sulfone groups is 1. The number of aryl methyl sites for hydroxylation is 1. The van der Waals surface area contributed by atoms with Crippen molar-refractivity contribution >= 4 is 32.9 Å². The Labute approximate surface area is 149 Å². The molecule has 24 heavy (non-hydrogen) atoms. The molecule has 2 fully saturated rings.